The van der Waals surface area contributed by atoms with Gasteiger partial charge in [-0.15, -0.1) is 10.2 Å². The zero-order valence-corrected chi connectivity index (χ0v) is 9.20. The Morgan fingerprint density at radius 3 is 2.67 bits per heavy atom. The predicted octanol–water partition coefficient (Wildman–Crippen LogP) is 0.122. The fourth-order valence-corrected chi connectivity index (χ4v) is 1.22. The zero-order chi connectivity index (χ0) is 11.5. The van der Waals surface area contributed by atoms with Crippen LogP contribution < -0.4 is 11.1 Å². The van der Waals surface area contributed by atoms with Gasteiger partial charge in [-0.05, 0) is 13.8 Å². The van der Waals surface area contributed by atoms with Crippen molar-refractivity contribution < 1.29 is 9.21 Å². The summed E-state index contributed by atoms with van der Waals surface area (Å²) in [6, 6.07) is 0. The average Bonchev–Trinajstić information content (AvgIpc) is 2.46. The first-order chi connectivity index (χ1) is 6.89. The number of carbonyl (C=O) groups is 1. The second-order valence-electron chi connectivity index (χ2n) is 4.10. The van der Waals surface area contributed by atoms with Crippen LogP contribution in [0.5, 0.6) is 0 Å². The van der Waals surface area contributed by atoms with Gasteiger partial charge in [-0.25, -0.2) is 0 Å². The van der Waals surface area contributed by atoms with E-state index in [9.17, 15) is 4.79 Å². The van der Waals surface area contributed by atoms with Crippen molar-refractivity contribution in [3.8, 4) is 0 Å². The maximum Gasteiger partial charge on any atom is 0.230 e. The molecule has 0 aliphatic heterocycles. The van der Waals surface area contributed by atoms with Gasteiger partial charge in [0.1, 0.15) is 0 Å². The molecule has 15 heavy (non-hydrogen) atoms. The Balaban J connectivity index is 2.45. The highest BCUT2D eigenvalue weighted by Gasteiger charge is 2.20. The van der Waals surface area contributed by atoms with Gasteiger partial charge in [0.05, 0.1) is 6.54 Å². The highest BCUT2D eigenvalue weighted by Crippen LogP contribution is 2.08. The number of carbonyl (C=O) groups excluding carboxylic acids is 1. The molecule has 6 heteroatoms. The van der Waals surface area contributed by atoms with Gasteiger partial charge >= 0.3 is 0 Å². The van der Waals surface area contributed by atoms with Crippen molar-refractivity contribution in [2.24, 2.45) is 5.73 Å². The Hall–Kier alpha value is -1.43. The van der Waals surface area contributed by atoms with Gasteiger partial charge in [-0.1, -0.05) is 0 Å². The minimum atomic E-state index is -0.367. The van der Waals surface area contributed by atoms with E-state index in [0.29, 0.717) is 18.3 Å². The lowest BCUT2D eigenvalue weighted by atomic mass is 10.0. The number of nitrogens with zero attached hydrogens (tertiary/aromatic N) is 2. The van der Waals surface area contributed by atoms with Crippen molar-refractivity contribution in [2.75, 3.05) is 0 Å². The van der Waals surface area contributed by atoms with Crippen LogP contribution in [0, 0.1) is 6.92 Å². The van der Waals surface area contributed by atoms with Crippen molar-refractivity contribution in [1.29, 1.82) is 0 Å². The summed E-state index contributed by atoms with van der Waals surface area (Å²) >= 11 is 0. The molecule has 0 radical (unpaired) electrons. The van der Waals surface area contributed by atoms with Crippen LogP contribution in [0.1, 0.15) is 32.0 Å². The van der Waals surface area contributed by atoms with Crippen LogP contribution in [-0.2, 0) is 11.3 Å². The van der Waals surface area contributed by atoms with Gasteiger partial charge in [-0.2, -0.15) is 0 Å². The summed E-state index contributed by atoms with van der Waals surface area (Å²) in [7, 11) is 0. The molecule has 0 aliphatic rings. The quantitative estimate of drug-likeness (QED) is 0.723. The Morgan fingerprint density at radius 2 is 2.20 bits per heavy atom. The van der Waals surface area contributed by atoms with Crippen molar-refractivity contribution in [3.63, 3.8) is 0 Å². The van der Waals surface area contributed by atoms with E-state index in [1.54, 1.807) is 6.92 Å². The molecule has 0 fully saturated rings. The monoisotopic (exact) mass is 212 g/mol. The van der Waals surface area contributed by atoms with E-state index in [4.69, 9.17) is 10.2 Å². The van der Waals surface area contributed by atoms with Gasteiger partial charge in [0.15, 0.2) is 0 Å². The lowest BCUT2D eigenvalue weighted by Gasteiger charge is -2.23. The van der Waals surface area contributed by atoms with Crippen LogP contribution in [0.4, 0.5) is 0 Å². The maximum absolute atomic E-state index is 10.8. The molecule has 0 saturated heterocycles. The first kappa shape index (κ1) is 11.6. The molecule has 0 spiro atoms. The lowest BCUT2D eigenvalue weighted by Crippen LogP contribution is -2.42. The Kier molecular flexibility index (Phi) is 3.41. The van der Waals surface area contributed by atoms with Crippen LogP contribution >= 0.6 is 0 Å². The van der Waals surface area contributed by atoms with Crippen molar-refractivity contribution in [2.45, 2.75) is 39.3 Å². The van der Waals surface area contributed by atoms with Gasteiger partial charge in [0, 0.05) is 18.9 Å². The van der Waals surface area contributed by atoms with Gasteiger partial charge in [0.25, 0.3) is 0 Å². The normalized spacial score (nSPS) is 11.7. The maximum atomic E-state index is 10.8. The molecule has 1 heterocycles. The number of hydrogen-bond acceptors (Lipinski definition) is 5. The lowest BCUT2D eigenvalue weighted by molar-refractivity contribution is -0.119. The van der Waals surface area contributed by atoms with Crippen LogP contribution in [0.15, 0.2) is 4.42 Å². The fraction of sp³-hybridized carbons (Fsp3) is 0.667. The number of amides is 1. The molecule has 1 rings (SSSR count). The third-order valence-corrected chi connectivity index (χ3v) is 1.90. The molecule has 3 N–H and O–H groups in total. The number of aromatic nitrogens is 2. The molecule has 0 atom stereocenters. The Morgan fingerprint density at radius 1 is 1.53 bits per heavy atom. The molecule has 6 nitrogen and oxygen atoms in total. The van der Waals surface area contributed by atoms with Crippen LogP contribution in [0.3, 0.4) is 0 Å². The van der Waals surface area contributed by atoms with E-state index >= 15 is 0 Å². The van der Waals surface area contributed by atoms with E-state index in [0.717, 1.165) is 0 Å². The van der Waals surface area contributed by atoms with E-state index in [-0.39, 0.29) is 17.9 Å². The molecule has 0 saturated carbocycles. The van der Waals surface area contributed by atoms with Crippen LogP contribution in [0.2, 0.25) is 0 Å². The van der Waals surface area contributed by atoms with E-state index in [1.807, 2.05) is 13.8 Å². The molecule has 1 aromatic heterocycles. The second kappa shape index (κ2) is 4.39. The predicted molar refractivity (Wildman–Crippen MR) is 53.8 cm³/mol. The molecule has 84 valence electrons. The topological polar surface area (TPSA) is 94.0 Å². The first-order valence-corrected chi connectivity index (χ1v) is 4.71. The third kappa shape index (κ3) is 4.07. The molecule has 0 bridgehead atoms. The van der Waals surface area contributed by atoms with Crippen molar-refractivity contribution >= 4 is 5.91 Å². The second-order valence-corrected chi connectivity index (χ2v) is 4.10. The number of hydrogen-bond donors (Lipinski definition) is 2. The number of rotatable bonds is 5. The minimum Gasteiger partial charge on any atom is -0.424 e. The average molecular weight is 212 g/mol. The molecule has 0 aromatic carbocycles. The SMILES string of the molecule is Cc1nnc(CNC(C)(C)CC(N)=O)o1. The summed E-state index contributed by atoms with van der Waals surface area (Å²) in [5.41, 5.74) is 4.75. The molecule has 0 aliphatic carbocycles. The highest BCUT2D eigenvalue weighted by molar-refractivity contribution is 5.74. The summed E-state index contributed by atoms with van der Waals surface area (Å²) in [4.78, 5) is 10.8. The fourth-order valence-electron chi connectivity index (χ4n) is 1.22. The Labute approximate surface area is 88.2 Å². The summed E-state index contributed by atoms with van der Waals surface area (Å²) in [5, 5.41) is 10.7. The van der Waals surface area contributed by atoms with Gasteiger partial charge in [0.2, 0.25) is 17.7 Å². The molecular formula is C9H16N4O2. The summed E-state index contributed by atoms with van der Waals surface area (Å²) < 4.78 is 5.18. The number of aryl methyl sites for hydroxylation is 1. The number of nitrogens with one attached hydrogen (secondary N) is 1. The summed E-state index contributed by atoms with van der Waals surface area (Å²) in [6.45, 7) is 5.94. The van der Waals surface area contributed by atoms with Crippen molar-refractivity contribution in [1.82, 2.24) is 15.5 Å². The smallest absolute Gasteiger partial charge is 0.230 e. The summed E-state index contributed by atoms with van der Waals surface area (Å²) in [6.07, 6.45) is 0.264. The number of nitrogens with two attached hydrogens (primary N) is 1. The molecule has 1 amide bonds. The first-order valence-electron chi connectivity index (χ1n) is 4.71. The highest BCUT2D eigenvalue weighted by atomic mass is 16.4. The largest absolute Gasteiger partial charge is 0.424 e. The molecular weight excluding hydrogens is 196 g/mol. The summed E-state index contributed by atoms with van der Waals surface area (Å²) in [5.74, 6) is 0.693. The standard InChI is InChI=1S/C9H16N4O2/c1-6-12-13-8(15-6)5-11-9(2,3)4-7(10)14/h11H,4-5H2,1-3H3,(H2,10,14). The van der Waals surface area contributed by atoms with Gasteiger partial charge in [-0.3, -0.25) is 4.79 Å². The Bertz CT molecular complexity index is 346. The van der Waals surface area contributed by atoms with Crippen molar-refractivity contribution in [3.05, 3.63) is 11.8 Å². The van der Waals surface area contributed by atoms with Crippen LogP contribution in [0.25, 0.3) is 0 Å². The van der Waals surface area contributed by atoms with Gasteiger partial charge < -0.3 is 15.5 Å². The molecule has 1 aromatic rings. The number of primary amides is 1. The third-order valence-electron chi connectivity index (χ3n) is 1.90. The van der Waals surface area contributed by atoms with Crippen LogP contribution in [-0.4, -0.2) is 21.6 Å². The van der Waals surface area contributed by atoms with E-state index in [1.165, 1.54) is 0 Å². The van der Waals surface area contributed by atoms with E-state index in [2.05, 4.69) is 15.5 Å². The minimum absolute atomic E-state index is 0.264. The zero-order valence-electron chi connectivity index (χ0n) is 9.20. The molecule has 0 unspecified atom stereocenters. The van der Waals surface area contributed by atoms with E-state index < -0.39 is 0 Å².